The van der Waals surface area contributed by atoms with Crippen LogP contribution in [0.1, 0.15) is 30.4 Å². The van der Waals surface area contributed by atoms with E-state index in [-0.39, 0.29) is 21.7 Å². The second kappa shape index (κ2) is 11.2. The summed E-state index contributed by atoms with van der Waals surface area (Å²) in [6, 6.07) is 19.7. The third-order valence-corrected chi connectivity index (χ3v) is 9.65. The molecule has 3 aromatic carbocycles. The van der Waals surface area contributed by atoms with Crippen LogP contribution < -0.4 is 14.4 Å². The van der Waals surface area contributed by atoms with Crippen LogP contribution >= 0.6 is 11.6 Å². The molecule has 2 N–H and O–H groups in total. The molecule has 5 rings (SSSR count). The molecule has 2 aliphatic rings. The highest BCUT2D eigenvalue weighted by Gasteiger charge is 2.39. The molecule has 4 unspecified atom stereocenters. The van der Waals surface area contributed by atoms with Crippen molar-refractivity contribution in [3.63, 3.8) is 0 Å². The number of para-hydroxylation sites is 2. The van der Waals surface area contributed by atoms with Crippen molar-refractivity contribution in [1.82, 2.24) is 4.72 Å². The maximum atomic E-state index is 13.9. The topological polar surface area (TPSA) is 74.2 Å². The fourth-order valence-corrected chi connectivity index (χ4v) is 7.45. The van der Waals surface area contributed by atoms with Crippen molar-refractivity contribution in [2.45, 2.75) is 61.8 Å². The summed E-state index contributed by atoms with van der Waals surface area (Å²) in [7, 11) is -1.80. The summed E-state index contributed by atoms with van der Waals surface area (Å²) in [5.41, 5.74) is 4.59. The largest absolute Gasteiger partial charge is 0.433 e. The first-order valence-corrected chi connectivity index (χ1v) is 14.5. The molecule has 4 atom stereocenters. The summed E-state index contributed by atoms with van der Waals surface area (Å²) in [4.78, 5) is 2.47. The molecular weight excluding hydrogens is 532 g/mol. The first-order chi connectivity index (χ1) is 18.3. The van der Waals surface area contributed by atoms with Gasteiger partial charge in [-0.1, -0.05) is 48.0 Å². The van der Waals surface area contributed by atoms with Crippen LogP contribution in [0.5, 0.6) is 5.75 Å². The van der Waals surface area contributed by atoms with E-state index in [1.54, 1.807) is 0 Å². The molecule has 1 aliphatic heterocycles. The minimum absolute atomic E-state index is 0.0965. The number of fused-ring (bicyclic) bond motifs is 2. The molecule has 0 spiro atoms. The number of nitrogens with zero attached hydrogens (tertiary/aromatic N) is 2. The monoisotopic (exact) mass is 561 g/mol. The van der Waals surface area contributed by atoms with Crippen LogP contribution in [0.25, 0.3) is 0 Å². The van der Waals surface area contributed by atoms with E-state index in [9.17, 15) is 18.1 Å². The minimum atomic E-state index is -3.22. The van der Waals surface area contributed by atoms with Crippen molar-refractivity contribution in [3.05, 3.63) is 82.9 Å². The molecule has 1 aliphatic carbocycles. The van der Waals surface area contributed by atoms with Crippen LogP contribution in [0.15, 0.2) is 76.0 Å². The molecule has 38 heavy (non-hydrogen) atoms. The second-order valence-corrected chi connectivity index (χ2v) is 12.1. The first kappa shape index (κ1) is 26.9. The number of aliphatic hydroxyl groups is 1. The van der Waals surface area contributed by atoms with Gasteiger partial charge in [-0.2, -0.15) is 8.78 Å². The van der Waals surface area contributed by atoms with E-state index in [2.05, 4.69) is 43.0 Å². The molecule has 0 saturated heterocycles. The van der Waals surface area contributed by atoms with Gasteiger partial charge in [0.15, 0.2) is 0 Å². The summed E-state index contributed by atoms with van der Waals surface area (Å²) < 4.78 is 50.9. The summed E-state index contributed by atoms with van der Waals surface area (Å²) in [6.07, 6.45) is 3.12. The number of anilines is 2. The average molecular weight is 562 g/mol. The third kappa shape index (κ3) is 5.25. The summed E-state index contributed by atoms with van der Waals surface area (Å²) >= 11 is 6.13. The number of rotatable bonds is 6. The Morgan fingerprint density at radius 1 is 1.05 bits per heavy atom. The van der Waals surface area contributed by atoms with Gasteiger partial charge in [0.05, 0.1) is 22.1 Å². The number of ether oxygens (including phenoxy) is 1. The Labute approximate surface area is 226 Å². The molecule has 0 radical (unpaired) electrons. The lowest BCUT2D eigenvalue weighted by molar-refractivity contribution is -0.0498. The molecule has 6 nitrogen and oxygen atoms in total. The van der Waals surface area contributed by atoms with Crippen molar-refractivity contribution in [1.29, 1.82) is 0 Å². The van der Waals surface area contributed by atoms with Gasteiger partial charge in [-0.05, 0) is 73.6 Å². The zero-order valence-electron chi connectivity index (χ0n) is 20.9. The van der Waals surface area contributed by atoms with Gasteiger partial charge in [0.25, 0.3) is 0 Å². The van der Waals surface area contributed by atoms with Gasteiger partial charge < -0.3 is 14.7 Å². The van der Waals surface area contributed by atoms with Gasteiger partial charge in [-0.25, -0.2) is 13.3 Å². The van der Waals surface area contributed by atoms with E-state index in [4.69, 9.17) is 11.6 Å². The van der Waals surface area contributed by atoms with Crippen LogP contribution in [0.3, 0.4) is 0 Å². The van der Waals surface area contributed by atoms with E-state index < -0.39 is 28.7 Å². The van der Waals surface area contributed by atoms with Gasteiger partial charge in [-0.3, -0.25) is 0 Å². The molecule has 3 aromatic rings. The molecule has 1 saturated carbocycles. The van der Waals surface area contributed by atoms with Crippen molar-refractivity contribution in [2.24, 2.45) is 4.36 Å². The fourth-order valence-electron chi connectivity index (χ4n) is 5.51. The average Bonchev–Trinajstić information content (AvgIpc) is 3.08. The predicted octanol–water partition coefficient (Wildman–Crippen LogP) is 6.12. The fraction of sp³-hybridized carbons (Fsp3) is 0.357. The highest BCUT2D eigenvalue weighted by molar-refractivity contribution is 7.91. The van der Waals surface area contributed by atoms with Crippen molar-refractivity contribution in [2.75, 3.05) is 11.9 Å². The van der Waals surface area contributed by atoms with Gasteiger partial charge in [0.2, 0.25) is 0 Å². The molecule has 1 fully saturated rings. The Morgan fingerprint density at radius 2 is 1.68 bits per heavy atom. The van der Waals surface area contributed by atoms with E-state index >= 15 is 0 Å². The number of nitrogens with one attached hydrogen (secondary N) is 1. The third-order valence-electron chi connectivity index (χ3n) is 7.33. The van der Waals surface area contributed by atoms with E-state index in [1.165, 1.54) is 36.4 Å². The lowest BCUT2D eigenvalue weighted by Crippen LogP contribution is -2.55. The smallest absolute Gasteiger partial charge is 0.387 e. The standard InChI is InChI=1S/C28H30ClF2N3O3S/c1-32-38(36,20-15-16-26(21(29)17-20)37-28(30)31)33-22-9-6-12-25(27(22)35)34-23-10-4-2-7-18(23)13-14-19-8-3-5-11-24(19)34/h2-5,7-8,10-11,15-17,22,25,27-28,35H,6,9,12-14H2,1H3,(H,32,33,36). The van der Waals surface area contributed by atoms with Gasteiger partial charge in [-0.15, -0.1) is 0 Å². The highest BCUT2D eigenvalue weighted by atomic mass is 35.5. The second-order valence-electron chi connectivity index (χ2n) is 9.52. The molecule has 202 valence electrons. The Hall–Kier alpha value is -2.72. The lowest BCUT2D eigenvalue weighted by Gasteiger charge is -2.43. The SMILES string of the molecule is CN=S(=O)(NC1CCCC(N2c3ccccc3CCc3ccccc32)C1O)c1ccc(OC(F)F)c(Cl)c1. The highest BCUT2D eigenvalue weighted by Crippen LogP contribution is 2.41. The Morgan fingerprint density at radius 3 is 2.26 bits per heavy atom. The van der Waals surface area contributed by atoms with E-state index in [0.717, 1.165) is 37.1 Å². The van der Waals surface area contributed by atoms with E-state index in [0.29, 0.717) is 6.42 Å². The normalized spacial score (nSPS) is 22.7. The van der Waals surface area contributed by atoms with Gasteiger partial charge >= 0.3 is 6.61 Å². The van der Waals surface area contributed by atoms with Crippen LogP contribution in [0.4, 0.5) is 20.2 Å². The van der Waals surface area contributed by atoms with Crippen molar-refractivity contribution < 1.29 is 22.8 Å². The Kier molecular flexibility index (Phi) is 7.90. The number of hydrogen-bond donors (Lipinski definition) is 2. The zero-order chi connectivity index (χ0) is 26.9. The summed E-state index contributed by atoms with van der Waals surface area (Å²) in [5.74, 6) is -0.209. The number of hydrogen-bond acceptors (Lipinski definition) is 5. The number of aryl methyl sites for hydroxylation is 2. The van der Waals surface area contributed by atoms with Crippen LogP contribution in [-0.4, -0.2) is 41.2 Å². The Bertz CT molecular complexity index is 1380. The first-order valence-electron chi connectivity index (χ1n) is 12.6. The summed E-state index contributed by atoms with van der Waals surface area (Å²) in [6.45, 7) is -3.03. The molecule has 10 heteroatoms. The summed E-state index contributed by atoms with van der Waals surface area (Å²) in [5, 5.41) is 11.6. The molecular formula is C28H30ClF2N3O3S. The molecule has 0 aromatic heterocycles. The van der Waals surface area contributed by atoms with Crippen LogP contribution in [0.2, 0.25) is 5.02 Å². The number of benzene rings is 3. The van der Waals surface area contributed by atoms with Crippen LogP contribution in [-0.2, 0) is 22.8 Å². The van der Waals surface area contributed by atoms with Crippen LogP contribution in [0, 0.1) is 0 Å². The minimum Gasteiger partial charge on any atom is -0.433 e. The number of aliphatic hydroxyl groups excluding tert-OH is 1. The zero-order valence-corrected chi connectivity index (χ0v) is 22.5. The van der Waals surface area contributed by atoms with E-state index in [1.807, 2.05) is 24.3 Å². The van der Waals surface area contributed by atoms with Crippen molar-refractivity contribution in [3.8, 4) is 5.75 Å². The maximum Gasteiger partial charge on any atom is 0.387 e. The number of alkyl halides is 2. The lowest BCUT2D eigenvalue weighted by atomic mass is 9.86. The predicted molar refractivity (Wildman–Crippen MR) is 146 cm³/mol. The van der Waals surface area contributed by atoms with Gasteiger partial charge in [0.1, 0.15) is 15.7 Å². The molecule has 0 amide bonds. The van der Waals surface area contributed by atoms with Gasteiger partial charge in [0, 0.05) is 24.5 Å². The molecule has 0 bridgehead atoms. The van der Waals surface area contributed by atoms with Crippen molar-refractivity contribution >= 4 is 32.9 Å². The quantitative estimate of drug-likeness (QED) is 0.380. The Balaban J connectivity index is 1.46. The maximum absolute atomic E-state index is 13.9. The molecule has 1 heterocycles. The number of halogens is 3.